The third kappa shape index (κ3) is 9.98. The quantitative estimate of drug-likeness (QED) is 0.127. The number of amides is 4. The third-order valence-electron chi connectivity index (χ3n) is 11.4. The van der Waals surface area contributed by atoms with E-state index >= 15 is 0 Å². The zero-order valence-electron chi connectivity index (χ0n) is 32.0. The summed E-state index contributed by atoms with van der Waals surface area (Å²) in [6.45, 7) is -0.185. The summed E-state index contributed by atoms with van der Waals surface area (Å²) in [5, 5.41) is 10.9. The van der Waals surface area contributed by atoms with Crippen LogP contribution < -0.4 is 31.3 Å². The van der Waals surface area contributed by atoms with E-state index < -0.39 is 25.9 Å². The van der Waals surface area contributed by atoms with Crippen molar-refractivity contribution in [2.24, 2.45) is 11.8 Å². The highest BCUT2D eigenvalue weighted by Crippen LogP contribution is 2.55. The molecule has 6 rings (SSSR count). The average molecular weight is 786 g/mol. The summed E-state index contributed by atoms with van der Waals surface area (Å²) in [7, 11) is 4.48. The predicted octanol–water partition coefficient (Wildman–Crippen LogP) is 0.355. The number of hydrogen-bond acceptors (Lipinski definition) is 12. The van der Waals surface area contributed by atoms with Crippen LogP contribution in [-0.4, -0.2) is 134 Å². The molecule has 16 nitrogen and oxygen atoms in total. The highest BCUT2D eigenvalue weighted by Gasteiger charge is 2.55. The van der Waals surface area contributed by atoms with Crippen molar-refractivity contribution in [1.82, 2.24) is 31.1 Å². The van der Waals surface area contributed by atoms with Crippen LogP contribution in [0, 0.1) is 11.8 Å². The van der Waals surface area contributed by atoms with Gasteiger partial charge in [-0.15, -0.1) is 0 Å². The second-order valence-electron chi connectivity index (χ2n) is 14.5. The monoisotopic (exact) mass is 785 g/mol. The molecule has 4 aliphatic heterocycles. The first kappa shape index (κ1) is 42.0. The first-order chi connectivity index (χ1) is 26.3. The van der Waals surface area contributed by atoms with Crippen LogP contribution in [0.15, 0.2) is 54.6 Å². The molecule has 4 bridgehead atoms. The van der Waals surface area contributed by atoms with E-state index in [1.54, 1.807) is 24.3 Å². The molecule has 0 aromatic heterocycles. The summed E-state index contributed by atoms with van der Waals surface area (Å²) in [5.74, 6) is -1.76. The molecular weight excluding hydrogens is 731 g/mol. The van der Waals surface area contributed by atoms with E-state index in [1.165, 1.54) is 33.3 Å². The van der Waals surface area contributed by atoms with Gasteiger partial charge in [0.1, 0.15) is 17.8 Å². The number of esters is 1. The molecule has 8 atom stereocenters. The van der Waals surface area contributed by atoms with Crippen molar-refractivity contribution in [3.63, 3.8) is 0 Å². The first-order valence-corrected chi connectivity index (χ1v) is 20.2. The number of likely N-dealkylation sites (N-methyl/N-ethyl adjacent to an activating group) is 2. The Balaban J connectivity index is 0.000000212. The first-order valence-electron chi connectivity index (χ1n) is 18.6. The fraction of sp³-hybridized carbons (Fsp3) is 0.553. The highest BCUT2D eigenvalue weighted by molar-refractivity contribution is 7.67. The largest absolute Gasteiger partial charge is 0.484 e. The maximum absolute atomic E-state index is 12.8. The topological polar surface area (TPSA) is 208 Å². The van der Waals surface area contributed by atoms with Crippen LogP contribution in [0.1, 0.15) is 48.9 Å². The predicted molar refractivity (Wildman–Crippen MR) is 204 cm³/mol. The Morgan fingerprint density at radius 3 is 2.00 bits per heavy atom. The van der Waals surface area contributed by atoms with E-state index in [4.69, 9.17) is 14.0 Å². The van der Waals surface area contributed by atoms with Gasteiger partial charge in [-0.2, -0.15) is 14.3 Å². The lowest BCUT2D eigenvalue weighted by atomic mass is 9.84. The molecule has 2 aromatic rings. The molecule has 0 spiro atoms. The minimum absolute atomic E-state index is 0.0355. The number of methoxy groups -OCH3 is 1. The molecule has 0 saturated carbocycles. The van der Waals surface area contributed by atoms with Gasteiger partial charge in [0.2, 0.25) is 11.8 Å². The van der Waals surface area contributed by atoms with Gasteiger partial charge in [0.15, 0.2) is 11.9 Å². The van der Waals surface area contributed by atoms with E-state index in [0.717, 1.165) is 32.1 Å². The van der Waals surface area contributed by atoms with Crippen molar-refractivity contribution < 1.29 is 47.8 Å². The van der Waals surface area contributed by atoms with Gasteiger partial charge < -0.3 is 30.7 Å². The van der Waals surface area contributed by atoms with E-state index in [0.29, 0.717) is 23.8 Å². The van der Waals surface area contributed by atoms with Crippen LogP contribution in [0.4, 0.5) is 0 Å². The number of carbonyl (C=O) groups is 5. The van der Waals surface area contributed by atoms with Gasteiger partial charge in [-0.25, -0.2) is 0 Å². The molecule has 300 valence electrons. The summed E-state index contributed by atoms with van der Waals surface area (Å²) in [5.41, 5.74) is 0.586. The van der Waals surface area contributed by atoms with Crippen molar-refractivity contribution in [3.05, 3.63) is 60.2 Å². The van der Waals surface area contributed by atoms with E-state index in [9.17, 15) is 33.8 Å². The van der Waals surface area contributed by atoms with E-state index in [-0.39, 0.29) is 72.2 Å². The number of rotatable bonds is 12. The Labute approximate surface area is 322 Å². The average Bonchev–Trinajstić information content (AvgIpc) is 3.56. The number of benzene rings is 2. The second-order valence-corrected chi connectivity index (χ2v) is 16.3. The summed E-state index contributed by atoms with van der Waals surface area (Å²) in [6, 6.07) is 15.5. The molecule has 2 aromatic carbocycles. The van der Waals surface area contributed by atoms with Gasteiger partial charge in [0, 0.05) is 49.9 Å². The molecule has 0 aliphatic carbocycles. The lowest BCUT2D eigenvalue weighted by Gasteiger charge is -2.42. The standard InChI is InChI=1S/C19H26N4O3.C19H27N2O7P/c1-20-16(24)11-21-19(26)17-14(10-13-8-9-15(17)23(13)2)22-18(25)12-6-4-3-5-7-12;1-20-17(22)11-27-13-5-7-14(8-6-13)29(24,25)28-16-10-12-4-9-15(21(12)2)18(16)19(23)26-3/h3-7,13-15,17H,8-11H2,1-2H3,(H,20,24)(H,21,26)(H,22,25);5-8,12,15-16,18,24-25H,4,9-11H2,1-3H3/p+1/t13?,14?,15?,17-;12?,15?,16?,18-/m01/s1. The van der Waals surface area contributed by atoms with Crippen molar-refractivity contribution >= 4 is 42.8 Å². The fourth-order valence-corrected chi connectivity index (χ4v) is 9.62. The molecule has 4 aliphatic rings. The zero-order valence-corrected chi connectivity index (χ0v) is 32.9. The summed E-state index contributed by atoms with van der Waals surface area (Å²) in [6.07, 6.45) is 4.37. The van der Waals surface area contributed by atoms with Gasteiger partial charge in [-0.05, 0) is 89.0 Å². The Hall–Kier alpha value is -4.18. The Morgan fingerprint density at radius 1 is 0.800 bits per heavy atom. The van der Waals surface area contributed by atoms with Crippen LogP contribution in [0.5, 0.6) is 5.75 Å². The van der Waals surface area contributed by atoms with Crippen LogP contribution in [-0.2, 0) is 28.4 Å². The van der Waals surface area contributed by atoms with Gasteiger partial charge in [-0.1, -0.05) is 18.2 Å². The highest BCUT2D eigenvalue weighted by atomic mass is 31.2. The van der Waals surface area contributed by atoms with E-state index in [1.807, 2.05) is 32.3 Å². The molecular formula is C38H54N6O10P+. The zero-order chi connectivity index (χ0) is 39.9. The summed E-state index contributed by atoms with van der Waals surface area (Å²) < 4.78 is 16.1. The SMILES string of the molecule is CNC(=O)CNC(=O)[C@H]1C(NC(=O)c2ccccc2)CC2CCC1N2C.CNC(=O)COc1ccc([P+](O)(O)OC2CC3CCC([C@H]2C(=O)OC)N3C)cc1. The fourth-order valence-electron chi connectivity index (χ4n) is 8.37. The lowest BCUT2D eigenvalue weighted by molar-refractivity contribution is -0.154. The Bertz CT molecular complexity index is 1670. The Kier molecular flexibility index (Phi) is 14.2. The maximum Gasteiger partial charge on any atom is 0.443 e. The van der Waals surface area contributed by atoms with Crippen molar-refractivity contribution in [1.29, 1.82) is 0 Å². The molecule has 55 heavy (non-hydrogen) atoms. The molecule has 4 amide bonds. The maximum atomic E-state index is 12.8. The van der Waals surface area contributed by atoms with Crippen molar-refractivity contribution in [2.45, 2.75) is 74.8 Å². The second kappa shape index (κ2) is 18.6. The van der Waals surface area contributed by atoms with Crippen LogP contribution in [0.25, 0.3) is 0 Å². The lowest BCUT2D eigenvalue weighted by Crippen LogP contribution is -2.60. The molecule has 4 heterocycles. The number of nitrogens with one attached hydrogen (secondary N) is 4. The third-order valence-corrected chi connectivity index (χ3v) is 13.0. The molecule has 17 heteroatoms. The Morgan fingerprint density at radius 2 is 1.40 bits per heavy atom. The van der Waals surface area contributed by atoms with Crippen molar-refractivity contribution in [3.8, 4) is 5.75 Å². The van der Waals surface area contributed by atoms with Gasteiger partial charge in [0.05, 0.1) is 19.6 Å². The number of fused-ring (bicyclic) bond motifs is 4. The van der Waals surface area contributed by atoms with Gasteiger partial charge >= 0.3 is 13.9 Å². The number of carbonyl (C=O) groups excluding carboxylic acids is 5. The summed E-state index contributed by atoms with van der Waals surface area (Å²) in [4.78, 5) is 86.3. The smallest absolute Gasteiger partial charge is 0.443 e. The van der Waals surface area contributed by atoms with E-state index in [2.05, 4.69) is 31.1 Å². The number of ether oxygens (including phenoxy) is 2. The number of piperidine rings is 2. The van der Waals surface area contributed by atoms with Crippen LogP contribution in [0.2, 0.25) is 0 Å². The van der Waals surface area contributed by atoms with Crippen LogP contribution in [0.3, 0.4) is 0 Å². The van der Waals surface area contributed by atoms with Gasteiger partial charge in [0.25, 0.3) is 11.8 Å². The minimum Gasteiger partial charge on any atom is -0.484 e. The van der Waals surface area contributed by atoms with Crippen molar-refractivity contribution in [2.75, 3.05) is 48.5 Å². The summed E-state index contributed by atoms with van der Waals surface area (Å²) >= 11 is 0. The molecule has 4 saturated heterocycles. The molecule has 6 unspecified atom stereocenters. The number of hydrogen-bond donors (Lipinski definition) is 6. The minimum atomic E-state index is -3.92. The number of nitrogens with zero attached hydrogens (tertiary/aromatic N) is 2. The normalized spacial score (nSPS) is 27.2. The molecule has 6 N–H and O–H groups in total. The van der Waals surface area contributed by atoms with Gasteiger partial charge in [-0.3, -0.25) is 33.8 Å². The molecule has 4 fully saturated rings. The van der Waals surface area contributed by atoms with Crippen LogP contribution >= 0.6 is 7.94 Å². The molecule has 0 radical (unpaired) electrons.